The number of piperidine rings is 1. The minimum absolute atomic E-state index is 0.137. The number of carbonyl (C=O) groups is 1. The largest absolute Gasteiger partial charge is 0.355 e. The second-order valence-electron chi connectivity index (χ2n) is 5.90. The first-order valence-corrected chi connectivity index (χ1v) is 7.82. The van der Waals surface area contributed by atoms with Crippen molar-refractivity contribution in [1.82, 2.24) is 15.1 Å². The monoisotopic (exact) mass is 269 g/mol. The van der Waals surface area contributed by atoms with Crippen LogP contribution in [0.5, 0.6) is 0 Å². The predicted molar refractivity (Wildman–Crippen MR) is 80.3 cm³/mol. The van der Waals surface area contributed by atoms with Crippen molar-refractivity contribution >= 4 is 5.91 Å². The van der Waals surface area contributed by atoms with Gasteiger partial charge in [0.25, 0.3) is 0 Å². The third kappa shape index (κ3) is 9.00. The number of carbonyl (C=O) groups excluding carboxylic acids is 1. The third-order valence-electron chi connectivity index (χ3n) is 3.63. The second kappa shape index (κ2) is 10.2. The lowest BCUT2D eigenvalue weighted by molar-refractivity contribution is -0.121. The SMILES string of the molecule is CN(C)CC(=O)NCCCCCCN1CCCCC1. The fourth-order valence-corrected chi connectivity index (χ4v) is 2.57. The van der Waals surface area contributed by atoms with Gasteiger partial charge in [-0.25, -0.2) is 0 Å². The van der Waals surface area contributed by atoms with Crippen molar-refractivity contribution in [3.05, 3.63) is 0 Å². The van der Waals surface area contributed by atoms with Gasteiger partial charge in [0.15, 0.2) is 0 Å². The summed E-state index contributed by atoms with van der Waals surface area (Å²) in [7, 11) is 3.83. The van der Waals surface area contributed by atoms with Crippen molar-refractivity contribution in [2.24, 2.45) is 0 Å². The van der Waals surface area contributed by atoms with Crippen LogP contribution < -0.4 is 5.32 Å². The van der Waals surface area contributed by atoms with Gasteiger partial charge in [0.05, 0.1) is 6.54 Å². The lowest BCUT2D eigenvalue weighted by Crippen LogP contribution is -2.33. The molecule has 0 saturated carbocycles. The third-order valence-corrected chi connectivity index (χ3v) is 3.63. The fourth-order valence-electron chi connectivity index (χ4n) is 2.57. The van der Waals surface area contributed by atoms with E-state index in [0.29, 0.717) is 6.54 Å². The van der Waals surface area contributed by atoms with Crippen molar-refractivity contribution in [1.29, 1.82) is 0 Å². The number of rotatable bonds is 9. The molecule has 1 aliphatic heterocycles. The van der Waals surface area contributed by atoms with Crippen LogP contribution >= 0.6 is 0 Å². The van der Waals surface area contributed by atoms with Crippen molar-refractivity contribution in [2.45, 2.75) is 44.9 Å². The van der Waals surface area contributed by atoms with Crippen LogP contribution in [0.15, 0.2) is 0 Å². The number of likely N-dealkylation sites (N-methyl/N-ethyl adjacent to an activating group) is 1. The quantitative estimate of drug-likeness (QED) is 0.647. The average Bonchev–Trinajstić information content (AvgIpc) is 2.38. The molecule has 1 amide bonds. The Morgan fingerprint density at radius 1 is 1.05 bits per heavy atom. The first kappa shape index (κ1) is 16.4. The van der Waals surface area contributed by atoms with E-state index in [1.54, 1.807) is 0 Å². The standard InChI is InChI=1S/C15H31N3O/c1-17(2)14-15(19)16-10-6-3-4-7-11-18-12-8-5-9-13-18/h3-14H2,1-2H3,(H,16,19). The first-order chi connectivity index (χ1) is 9.18. The molecule has 4 heteroatoms. The molecule has 0 atom stereocenters. The van der Waals surface area contributed by atoms with Crippen LogP contribution in [-0.2, 0) is 4.79 Å². The average molecular weight is 269 g/mol. The molecule has 0 radical (unpaired) electrons. The molecule has 1 heterocycles. The van der Waals surface area contributed by atoms with Crippen LogP contribution in [0, 0.1) is 0 Å². The smallest absolute Gasteiger partial charge is 0.234 e. The second-order valence-corrected chi connectivity index (χ2v) is 5.90. The lowest BCUT2D eigenvalue weighted by atomic mass is 10.1. The summed E-state index contributed by atoms with van der Waals surface area (Å²) in [6.45, 7) is 5.21. The Balaban J connectivity index is 1.84. The minimum atomic E-state index is 0.137. The Morgan fingerprint density at radius 2 is 1.74 bits per heavy atom. The molecular formula is C15H31N3O. The van der Waals surface area contributed by atoms with Crippen molar-refractivity contribution in [2.75, 3.05) is 46.8 Å². The van der Waals surface area contributed by atoms with Crippen LogP contribution in [-0.4, -0.2) is 62.5 Å². The van der Waals surface area contributed by atoms with Gasteiger partial charge in [-0.15, -0.1) is 0 Å². The van der Waals surface area contributed by atoms with E-state index in [1.165, 1.54) is 58.2 Å². The maximum Gasteiger partial charge on any atom is 0.234 e. The summed E-state index contributed by atoms with van der Waals surface area (Å²) in [5.74, 6) is 0.137. The van der Waals surface area contributed by atoms with Gasteiger partial charge < -0.3 is 15.1 Å². The van der Waals surface area contributed by atoms with Gasteiger partial charge >= 0.3 is 0 Å². The number of hydrogen-bond donors (Lipinski definition) is 1. The molecule has 1 aliphatic rings. The number of nitrogens with zero attached hydrogens (tertiary/aromatic N) is 2. The van der Waals surface area contributed by atoms with Crippen molar-refractivity contribution in [3.63, 3.8) is 0 Å². The summed E-state index contributed by atoms with van der Waals surface area (Å²) >= 11 is 0. The molecule has 0 aromatic rings. The van der Waals surface area contributed by atoms with Crippen LogP contribution in [0.3, 0.4) is 0 Å². The van der Waals surface area contributed by atoms with Gasteiger partial charge in [-0.3, -0.25) is 4.79 Å². The van der Waals surface area contributed by atoms with E-state index in [9.17, 15) is 4.79 Å². The van der Waals surface area contributed by atoms with Crippen LogP contribution in [0.4, 0.5) is 0 Å². The molecule has 0 unspecified atom stereocenters. The molecular weight excluding hydrogens is 238 g/mol. The van der Waals surface area contributed by atoms with Gasteiger partial charge in [-0.1, -0.05) is 19.3 Å². The predicted octanol–water partition coefficient (Wildman–Crippen LogP) is 1.71. The van der Waals surface area contributed by atoms with E-state index in [1.807, 2.05) is 19.0 Å². The maximum atomic E-state index is 11.4. The van der Waals surface area contributed by atoms with Crippen LogP contribution in [0.2, 0.25) is 0 Å². The van der Waals surface area contributed by atoms with Crippen molar-refractivity contribution < 1.29 is 4.79 Å². The molecule has 1 saturated heterocycles. The Labute approximate surface area is 118 Å². The first-order valence-electron chi connectivity index (χ1n) is 7.82. The number of amides is 1. The summed E-state index contributed by atoms with van der Waals surface area (Å²) in [5, 5.41) is 2.96. The van der Waals surface area contributed by atoms with Gasteiger partial charge in [0.1, 0.15) is 0 Å². The number of hydrogen-bond acceptors (Lipinski definition) is 3. The van der Waals surface area contributed by atoms with Crippen LogP contribution in [0.1, 0.15) is 44.9 Å². The van der Waals surface area contributed by atoms with E-state index >= 15 is 0 Å². The summed E-state index contributed by atoms with van der Waals surface area (Å²) in [6.07, 6.45) is 9.14. The summed E-state index contributed by atoms with van der Waals surface area (Å²) in [6, 6.07) is 0. The zero-order valence-electron chi connectivity index (χ0n) is 12.8. The number of likely N-dealkylation sites (tertiary alicyclic amines) is 1. The zero-order chi connectivity index (χ0) is 13.9. The molecule has 0 aliphatic carbocycles. The fraction of sp³-hybridized carbons (Fsp3) is 0.933. The molecule has 0 bridgehead atoms. The van der Waals surface area contributed by atoms with E-state index in [0.717, 1.165) is 13.0 Å². The highest BCUT2D eigenvalue weighted by atomic mass is 16.1. The van der Waals surface area contributed by atoms with E-state index in [-0.39, 0.29) is 5.91 Å². The van der Waals surface area contributed by atoms with E-state index in [4.69, 9.17) is 0 Å². The molecule has 4 nitrogen and oxygen atoms in total. The molecule has 1 rings (SSSR count). The van der Waals surface area contributed by atoms with E-state index in [2.05, 4.69) is 10.2 Å². The minimum Gasteiger partial charge on any atom is -0.355 e. The lowest BCUT2D eigenvalue weighted by Gasteiger charge is -2.26. The van der Waals surface area contributed by atoms with Gasteiger partial charge in [0, 0.05) is 6.54 Å². The number of nitrogens with one attached hydrogen (secondary N) is 1. The highest BCUT2D eigenvalue weighted by Crippen LogP contribution is 2.10. The Bertz CT molecular complexity index is 238. The zero-order valence-corrected chi connectivity index (χ0v) is 12.8. The Hall–Kier alpha value is -0.610. The molecule has 112 valence electrons. The van der Waals surface area contributed by atoms with Gasteiger partial charge in [-0.05, 0) is 59.4 Å². The highest BCUT2D eigenvalue weighted by molar-refractivity contribution is 5.77. The molecule has 0 spiro atoms. The topological polar surface area (TPSA) is 35.6 Å². The Morgan fingerprint density at radius 3 is 2.42 bits per heavy atom. The highest BCUT2D eigenvalue weighted by Gasteiger charge is 2.08. The maximum absolute atomic E-state index is 11.4. The van der Waals surface area contributed by atoms with E-state index < -0.39 is 0 Å². The summed E-state index contributed by atoms with van der Waals surface area (Å²) in [5.41, 5.74) is 0. The normalized spacial score (nSPS) is 16.8. The summed E-state index contributed by atoms with van der Waals surface area (Å²) < 4.78 is 0. The van der Waals surface area contributed by atoms with Gasteiger partial charge in [-0.2, -0.15) is 0 Å². The Kier molecular flexibility index (Phi) is 8.84. The summed E-state index contributed by atoms with van der Waals surface area (Å²) in [4.78, 5) is 15.9. The van der Waals surface area contributed by atoms with Gasteiger partial charge in [0.2, 0.25) is 5.91 Å². The van der Waals surface area contributed by atoms with Crippen molar-refractivity contribution in [3.8, 4) is 0 Å². The number of unbranched alkanes of at least 4 members (excludes halogenated alkanes) is 3. The molecule has 1 fully saturated rings. The van der Waals surface area contributed by atoms with Crippen LogP contribution in [0.25, 0.3) is 0 Å². The molecule has 0 aromatic heterocycles. The molecule has 0 aromatic carbocycles. The molecule has 19 heavy (non-hydrogen) atoms. The molecule has 1 N–H and O–H groups in total.